The fourth-order valence-corrected chi connectivity index (χ4v) is 5.63. The van der Waals surface area contributed by atoms with Gasteiger partial charge in [0.05, 0.1) is 11.3 Å². The molecule has 1 N–H and O–H groups in total. The number of pyridine rings is 1. The molecule has 2 fully saturated rings. The van der Waals surface area contributed by atoms with Gasteiger partial charge in [-0.1, -0.05) is 40.0 Å². The number of benzene rings is 1. The van der Waals surface area contributed by atoms with E-state index in [9.17, 15) is 9.59 Å². The molecule has 1 aromatic heterocycles. The van der Waals surface area contributed by atoms with E-state index in [-0.39, 0.29) is 30.5 Å². The minimum atomic E-state index is -0.619. The highest BCUT2D eigenvalue weighted by molar-refractivity contribution is 6.10. The molecule has 1 heterocycles. The third kappa shape index (κ3) is 7.39. The molecule has 2 aromatic rings. The average molecular weight is 504 g/mol. The van der Waals surface area contributed by atoms with Crippen LogP contribution in [0.15, 0.2) is 30.5 Å². The Morgan fingerprint density at radius 1 is 1.05 bits per heavy atom. The monoisotopic (exact) mass is 503 g/mol. The van der Waals surface area contributed by atoms with Gasteiger partial charge in [0.25, 0.3) is 0 Å². The molecule has 1 aromatic carbocycles. The molecule has 2 saturated carbocycles. The molecule has 4 nitrogen and oxygen atoms in total. The predicted molar refractivity (Wildman–Crippen MR) is 152 cm³/mol. The molecule has 0 unspecified atom stereocenters. The number of Topliss-reactive ketones (excluding diaryl/α,β-unsaturated/α-hetero) is 2. The van der Waals surface area contributed by atoms with E-state index in [0.717, 1.165) is 46.4 Å². The van der Waals surface area contributed by atoms with Crippen LogP contribution in [0.3, 0.4) is 0 Å². The van der Waals surface area contributed by atoms with Crippen LogP contribution in [-0.2, 0) is 9.59 Å². The van der Waals surface area contributed by atoms with Crippen molar-refractivity contribution in [2.24, 2.45) is 17.8 Å². The van der Waals surface area contributed by atoms with Gasteiger partial charge < -0.3 is 5.11 Å². The zero-order chi connectivity index (χ0) is 26.6. The van der Waals surface area contributed by atoms with Gasteiger partial charge in [0.2, 0.25) is 0 Å². The van der Waals surface area contributed by atoms with E-state index in [2.05, 4.69) is 24.8 Å². The predicted octanol–water partition coefficient (Wildman–Crippen LogP) is 7.22. The Bertz CT molecular complexity index is 1080. The molecule has 0 bridgehead atoms. The number of carbonyl (C=O) groups excluding carboxylic acids is 2. The van der Waals surface area contributed by atoms with Crippen LogP contribution in [0.1, 0.15) is 102 Å². The highest BCUT2D eigenvalue weighted by Gasteiger charge is 2.40. The molecule has 2 aliphatic rings. The Balaban J connectivity index is 0.000000520. The summed E-state index contributed by atoms with van der Waals surface area (Å²) in [4.78, 5) is 30.5. The van der Waals surface area contributed by atoms with E-state index in [1.165, 1.54) is 12.8 Å². The molecule has 0 saturated heterocycles. The Kier molecular flexibility index (Phi) is 10.4. The van der Waals surface area contributed by atoms with Gasteiger partial charge in [-0.3, -0.25) is 14.6 Å². The lowest BCUT2D eigenvalue weighted by atomic mass is 9.69. The number of hydrogen-bond donors (Lipinski definition) is 1. The summed E-state index contributed by atoms with van der Waals surface area (Å²) in [7, 11) is 0. The van der Waals surface area contributed by atoms with Crippen molar-refractivity contribution in [3.63, 3.8) is 0 Å². The minimum Gasteiger partial charge on any atom is -0.390 e. The van der Waals surface area contributed by atoms with Crippen LogP contribution in [0, 0.1) is 43.9 Å². The number of aromatic nitrogens is 1. The van der Waals surface area contributed by atoms with Crippen molar-refractivity contribution >= 4 is 11.6 Å². The fraction of sp³-hybridized carbons (Fsp3) is 0.545. The van der Waals surface area contributed by atoms with Crippen molar-refractivity contribution in [1.29, 1.82) is 0 Å². The van der Waals surface area contributed by atoms with Crippen LogP contribution in [-0.4, -0.2) is 27.3 Å². The zero-order valence-corrected chi connectivity index (χ0v) is 22.7. The van der Waals surface area contributed by atoms with Gasteiger partial charge >= 0.3 is 0 Å². The lowest BCUT2D eigenvalue weighted by molar-refractivity contribution is -0.134. The first-order valence-electron chi connectivity index (χ1n) is 13.3. The van der Waals surface area contributed by atoms with Crippen LogP contribution in [0.2, 0.25) is 0 Å². The second kappa shape index (κ2) is 12.7. The van der Waals surface area contributed by atoms with Crippen LogP contribution in [0.4, 0.5) is 0 Å². The smallest absolute Gasteiger partial charge is 0.148 e. The maximum absolute atomic E-state index is 13.0. The van der Waals surface area contributed by atoms with Gasteiger partial charge in [0, 0.05) is 30.2 Å². The highest BCUT2D eigenvalue weighted by atomic mass is 16.3. The number of terminal acetylenes is 1. The standard InChI is InChI=1S/C26H29NO2.C6H12O.CH4/c1-6-18-9-10-22(27-15-18)21-11-16(4)25(17(5)12-21)26-23(28)13-20(14-24(26)29)19(7-2)8-3;1-6(2,7)5-3-4-5;/h1,9-12,15,19-20,26H,7-8,13-14H2,2-5H3;5,7H,3-4H2,1-2H3;1H4. The van der Waals surface area contributed by atoms with Crippen LogP contribution in [0.5, 0.6) is 0 Å². The summed E-state index contributed by atoms with van der Waals surface area (Å²) < 4.78 is 0. The highest BCUT2D eigenvalue weighted by Crippen LogP contribution is 2.40. The molecule has 0 aliphatic heterocycles. The number of aryl methyl sites for hydroxylation is 2. The summed E-state index contributed by atoms with van der Waals surface area (Å²) in [5.41, 5.74) is 4.97. The molecule has 4 heteroatoms. The quantitative estimate of drug-likeness (QED) is 0.334. The molecular weight excluding hydrogens is 458 g/mol. The molecule has 0 radical (unpaired) electrons. The first-order valence-corrected chi connectivity index (χ1v) is 13.3. The van der Waals surface area contributed by atoms with Crippen molar-refractivity contribution in [2.75, 3.05) is 0 Å². The SMILES string of the molecule is C.C#Cc1ccc(-c2cc(C)c(C3C(=O)CC(C(CC)CC)CC3=O)c(C)c2)nc1.CC(C)(O)C1CC1. The fourth-order valence-electron chi connectivity index (χ4n) is 5.63. The summed E-state index contributed by atoms with van der Waals surface area (Å²) in [5, 5.41) is 9.16. The maximum Gasteiger partial charge on any atom is 0.148 e. The lowest BCUT2D eigenvalue weighted by Crippen LogP contribution is -2.35. The summed E-state index contributed by atoms with van der Waals surface area (Å²) in [5.74, 6) is 3.36. The second-order valence-corrected chi connectivity index (χ2v) is 11.1. The second-order valence-electron chi connectivity index (χ2n) is 11.1. The lowest BCUT2D eigenvalue weighted by Gasteiger charge is -2.32. The number of rotatable bonds is 6. The minimum absolute atomic E-state index is 0. The zero-order valence-electron chi connectivity index (χ0n) is 22.7. The van der Waals surface area contributed by atoms with Gasteiger partial charge in [-0.2, -0.15) is 0 Å². The van der Waals surface area contributed by atoms with Gasteiger partial charge in [-0.25, -0.2) is 0 Å². The summed E-state index contributed by atoms with van der Waals surface area (Å²) >= 11 is 0. The molecule has 200 valence electrons. The molecule has 0 amide bonds. The number of hydrogen-bond acceptors (Lipinski definition) is 4. The topological polar surface area (TPSA) is 67.3 Å². The van der Waals surface area contributed by atoms with E-state index < -0.39 is 5.92 Å². The third-order valence-electron chi connectivity index (χ3n) is 7.97. The van der Waals surface area contributed by atoms with Crippen LogP contribution >= 0.6 is 0 Å². The van der Waals surface area contributed by atoms with Crippen LogP contribution < -0.4 is 0 Å². The van der Waals surface area contributed by atoms with E-state index in [0.29, 0.717) is 24.7 Å². The Labute approximate surface area is 224 Å². The molecule has 2 aliphatic carbocycles. The Morgan fingerprint density at radius 3 is 1.95 bits per heavy atom. The van der Waals surface area contributed by atoms with Crippen molar-refractivity contribution in [1.82, 2.24) is 4.98 Å². The molecule has 37 heavy (non-hydrogen) atoms. The van der Waals surface area contributed by atoms with Crippen molar-refractivity contribution in [2.45, 2.75) is 99.0 Å². The Hall–Kier alpha value is -2.77. The van der Waals surface area contributed by atoms with Crippen molar-refractivity contribution < 1.29 is 14.7 Å². The largest absolute Gasteiger partial charge is 0.390 e. The molecule has 0 spiro atoms. The van der Waals surface area contributed by atoms with Crippen LogP contribution in [0.25, 0.3) is 11.3 Å². The van der Waals surface area contributed by atoms with E-state index >= 15 is 0 Å². The summed E-state index contributed by atoms with van der Waals surface area (Å²) in [6.07, 6.45) is 12.6. The third-order valence-corrected chi connectivity index (χ3v) is 7.97. The van der Waals surface area contributed by atoms with Crippen molar-refractivity contribution in [3.05, 3.63) is 52.7 Å². The van der Waals surface area contributed by atoms with Gasteiger partial charge in [-0.15, -0.1) is 6.42 Å². The van der Waals surface area contributed by atoms with E-state index in [4.69, 9.17) is 11.5 Å². The van der Waals surface area contributed by atoms with Gasteiger partial charge in [0.15, 0.2) is 0 Å². The molecular formula is C33H45NO3. The van der Waals surface area contributed by atoms with Gasteiger partial charge in [-0.05, 0) is 99.2 Å². The molecule has 0 atom stereocenters. The summed E-state index contributed by atoms with van der Waals surface area (Å²) in [6, 6.07) is 7.81. The van der Waals surface area contributed by atoms with Crippen molar-refractivity contribution in [3.8, 4) is 23.6 Å². The van der Waals surface area contributed by atoms with Gasteiger partial charge in [0.1, 0.15) is 17.5 Å². The molecule has 4 rings (SSSR count). The number of ketones is 2. The first kappa shape index (κ1) is 30.5. The van der Waals surface area contributed by atoms with E-state index in [1.807, 2.05) is 52.0 Å². The number of aliphatic hydroxyl groups is 1. The average Bonchev–Trinajstić information content (AvgIpc) is 3.67. The number of carbonyl (C=O) groups is 2. The summed E-state index contributed by atoms with van der Waals surface area (Å²) in [6.45, 7) is 12.0. The first-order chi connectivity index (χ1) is 17.0. The number of nitrogens with zero attached hydrogens (tertiary/aromatic N) is 1. The maximum atomic E-state index is 13.0. The normalized spacial score (nSPS) is 19.5. The van der Waals surface area contributed by atoms with E-state index in [1.54, 1.807) is 6.20 Å². The Morgan fingerprint density at radius 2 is 1.59 bits per heavy atom.